The standard InChI is InChI=1S/C22H35NOS2/c1-20(2)11-18-12-21(3,13-20)14-23(18)19(24)15-9-16-5-4-6-17(10-15)22(16)25-7-8-26-22/h15-18H,4-14H2,1-3H3. The van der Waals surface area contributed by atoms with Gasteiger partial charge in [0.05, 0.1) is 4.08 Å². The van der Waals surface area contributed by atoms with Crippen molar-refractivity contribution in [1.82, 2.24) is 4.90 Å². The maximum Gasteiger partial charge on any atom is 0.225 e. The zero-order valence-corrected chi connectivity index (χ0v) is 18.4. The molecule has 1 amide bonds. The molecule has 0 aromatic heterocycles. The highest BCUT2D eigenvalue weighted by Gasteiger charge is 2.57. The zero-order chi connectivity index (χ0) is 18.2. The van der Waals surface area contributed by atoms with Gasteiger partial charge in [0.25, 0.3) is 0 Å². The van der Waals surface area contributed by atoms with Crippen molar-refractivity contribution in [3.63, 3.8) is 0 Å². The van der Waals surface area contributed by atoms with Gasteiger partial charge in [-0.15, -0.1) is 23.5 Å². The Labute approximate surface area is 168 Å². The first-order valence-electron chi connectivity index (χ1n) is 10.9. The Bertz CT molecular complexity index is 583. The summed E-state index contributed by atoms with van der Waals surface area (Å²) in [6.45, 7) is 8.29. The molecule has 3 aliphatic carbocycles. The lowest BCUT2D eigenvalue weighted by Crippen LogP contribution is -2.51. The third-order valence-electron chi connectivity index (χ3n) is 8.17. The minimum atomic E-state index is 0.323. The van der Waals surface area contributed by atoms with E-state index in [4.69, 9.17) is 0 Å². The van der Waals surface area contributed by atoms with E-state index in [2.05, 4.69) is 49.2 Å². The molecule has 5 rings (SSSR count). The normalized spacial score (nSPS) is 45.9. The average Bonchev–Trinajstić information content (AvgIpc) is 3.08. The summed E-state index contributed by atoms with van der Waals surface area (Å²) in [6, 6.07) is 0.516. The molecule has 0 aromatic rings. The summed E-state index contributed by atoms with van der Waals surface area (Å²) in [6.07, 6.45) is 10.2. The third-order valence-corrected chi connectivity index (χ3v) is 12.2. The molecule has 26 heavy (non-hydrogen) atoms. The molecular formula is C22H35NOS2. The Hall–Kier alpha value is 0.170. The molecule has 146 valence electrons. The van der Waals surface area contributed by atoms with Gasteiger partial charge >= 0.3 is 0 Å². The molecule has 0 aromatic carbocycles. The predicted octanol–water partition coefficient (Wildman–Crippen LogP) is 5.42. The maximum atomic E-state index is 13.6. The second-order valence-electron chi connectivity index (χ2n) is 11.1. The van der Waals surface area contributed by atoms with Gasteiger partial charge in [0, 0.05) is 30.0 Å². The first kappa shape index (κ1) is 18.2. The number of hydrogen-bond donors (Lipinski definition) is 0. The molecular weight excluding hydrogens is 358 g/mol. The Morgan fingerprint density at radius 3 is 2.31 bits per heavy atom. The summed E-state index contributed by atoms with van der Waals surface area (Å²) >= 11 is 4.51. The SMILES string of the molecule is CC1(C)CC2CC(C)(CN2C(=O)C2CC3CCCC(C2)C32SCCS2)C1. The van der Waals surface area contributed by atoms with E-state index >= 15 is 0 Å². The second kappa shape index (κ2) is 6.08. The highest BCUT2D eigenvalue weighted by atomic mass is 32.2. The van der Waals surface area contributed by atoms with Crippen LogP contribution in [0, 0.1) is 28.6 Å². The number of amides is 1. The molecule has 5 aliphatic rings. The third kappa shape index (κ3) is 2.79. The summed E-state index contributed by atoms with van der Waals surface area (Å²) in [5.74, 6) is 5.10. The van der Waals surface area contributed by atoms with Gasteiger partial charge in [-0.25, -0.2) is 0 Å². The number of fused-ring (bicyclic) bond motifs is 2. The van der Waals surface area contributed by atoms with Crippen LogP contribution in [-0.4, -0.2) is 39.0 Å². The molecule has 3 saturated carbocycles. The van der Waals surface area contributed by atoms with E-state index < -0.39 is 0 Å². The summed E-state index contributed by atoms with van der Waals surface area (Å²) in [5.41, 5.74) is 0.766. The summed E-state index contributed by atoms with van der Waals surface area (Å²) in [7, 11) is 0. The van der Waals surface area contributed by atoms with Gasteiger partial charge in [-0.05, 0) is 67.6 Å². The van der Waals surface area contributed by atoms with Gasteiger partial charge in [-0.3, -0.25) is 4.79 Å². The number of carbonyl (C=O) groups excluding carboxylic acids is 1. The first-order valence-corrected chi connectivity index (χ1v) is 12.9. The van der Waals surface area contributed by atoms with E-state index in [1.54, 1.807) is 0 Å². The summed E-state index contributed by atoms with van der Waals surface area (Å²) in [5, 5.41) is 0. The molecule has 0 radical (unpaired) electrons. The van der Waals surface area contributed by atoms with Crippen molar-refractivity contribution >= 4 is 29.4 Å². The summed E-state index contributed by atoms with van der Waals surface area (Å²) in [4.78, 5) is 16.0. The minimum absolute atomic E-state index is 0.323. The molecule has 2 saturated heterocycles. The quantitative estimate of drug-likeness (QED) is 0.593. The van der Waals surface area contributed by atoms with Crippen molar-refractivity contribution in [3.8, 4) is 0 Å². The average molecular weight is 394 g/mol. The van der Waals surface area contributed by atoms with Gasteiger partial charge in [0.15, 0.2) is 0 Å². The van der Waals surface area contributed by atoms with Crippen molar-refractivity contribution in [2.24, 2.45) is 28.6 Å². The van der Waals surface area contributed by atoms with Crippen LogP contribution in [0.15, 0.2) is 0 Å². The molecule has 1 spiro atoms. The lowest BCUT2D eigenvalue weighted by molar-refractivity contribution is -0.139. The molecule has 4 bridgehead atoms. The van der Waals surface area contributed by atoms with E-state index in [9.17, 15) is 4.79 Å². The lowest BCUT2D eigenvalue weighted by atomic mass is 9.65. The van der Waals surface area contributed by atoms with Gasteiger partial charge < -0.3 is 4.90 Å². The lowest BCUT2D eigenvalue weighted by Gasteiger charge is -2.52. The number of thioether (sulfide) groups is 2. The minimum Gasteiger partial charge on any atom is -0.339 e. The van der Waals surface area contributed by atoms with Crippen LogP contribution in [0.1, 0.15) is 72.1 Å². The van der Waals surface area contributed by atoms with Crippen molar-refractivity contribution in [2.45, 2.75) is 82.3 Å². The van der Waals surface area contributed by atoms with Crippen molar-refractivity contribution in [2.75, 3.05) is 18.1 Å². The number of hydrogen-bond acceptors (Lipinski definition) is 3. The molecule has 2 aliphatic heterocycles. The van der Waals surface area contributed by atoms with Gasteiger partial charge in [0.2, 0.25) is 5.91 Å². The van der Waals surface area contributed by atoms with Crippen LogP contribution in [0.4, 0.5) is 0 Å². The molecule has 4 heteroatoms. The Morgan fingerprint density at radius 2 is 1.65 bits per heavy atom. The molecule has 4 atom stereocenters. The molecule has 2 nitrogen and oxygen atoms in total. The number of carbonyl (C=O) groups is 1. The summed E-state index contributed by atoms with van der Waals surface area (Å²) < 4.78 is 0.490. The van der Waals surface area contributed by atoms with Gasteiger partial charge in [-0.2, -0.15) is 0 Å². The fourth-order valence-electron chi connectivity index (χ4n) is 7.76. The van der Waals surface area contributed by atoms with Gasteiger partial charge in [0.1, 0.15) is 0 Å². The highest BCUT2D eigenvalue weighted by molar-refractivity contribution is 8.21. The molecule has 2 heterocycles. The van der Waals surface area contributed by atoms with Crippen molar-refractivity contribution in [3.05, 3.63) is 0 Å². The fraction of sp³-hybridized carbons (Fsp3) is 0.955. The van der Waals surface area contributed by atoms with E-state index in [1.807, 2.05) is 0 Å². The highest BCUT2D eigenvalue weighted by Crippen LogP contribution is 2.64. The van der Waals surface area contributed by atoms with Crippen LogP contribution in [-0.2, 0) is 4.79 Å². The second-order valence-corrected chi connectivity index (χ2v) is 14.1. The van der Waals surface area contributed by atoms with Crippen molar-refractivity contribution < 1.29 is 4.79 Å². The van der Waals surface area contributed by atoms with E-state index in [0.29, 0.717) is 32.8 Å². The van der Waals surface area contributed by atoms with E-state index in [-0.39, 0.29) is 0 Å². The van der Waals surface area contributed by atoms with Crippen LogP contribution in [0.5, 0.6) is 0 Å². The molecule has 4 unspecified atom stereocenters. The number of likely N-dealkylation sites (tertiary alicyclic amines) is 1. The Balaban J connectivity index is 1.34. The van der Waals surface area contributed by atoms with Crippen LogP contribution in [0.2, 0.25) is 0 Å². The van der Waals surface area contributed by atoms with Crippen LogP contribution in [0.25, 0.3) is 0 Å². The first-order chi connectivity index (χ1) is 12.3. The number of rotatable bonds is 1. The topological polar surface area (TPSA) is 20.3 Å². The Morgan fingerprint density at radius 1 is 1.00 bits per heavy atom. The van der Waals surface area contributed by atoms with Crippen molar-refractivity contribution in [1.29, 1.82) is 0 Å². The van der Waals surface area contributed by atoms with Crippen LogP contribution >= 0.6 is 23.5 Å². The molecule has 5 fully saturated rings. The smallest absolute Gasteiger partial charge is 0.225 e. The van der Waals surface area contributed by atoms with Gasteiger partial charge in [-0.1, -0.05) is 27.2 Å². The molecule has 0 N–H and O–H groups in total. The van der Waals surface area contributed by atoms with E-state index in [1.165, 1.54) is 62.9 Å². The van der Waals surface area contributed by atoms with Crippen LogP contribution < -0.4 is 0 Å². The Kier molecular flexibility index (Phi) is 4.26. The fourth-order valence-corrected chi connectivity index (χ4v) is 11.7. The zero-order valence-electron chi connectivity index (χ0n) is 16.8. The maximum absolute atomic E-state index is 13.6. The van der Waals surface area contributed by atoms with Crippen LogP contribution in [0.3, 0.4) is 0 Å². The monoisotopic (exact) mass is 393 g/mol. The van der Waals surface area contributed by atoms with E-state index in [0.717, 1.165) is 18.4 Å². The number of nitrogens with zero attached hydrogens (tertiary/aromatic N) is 1. The largest absolute Gasteiger partial charge is 0.339 e. The predicted molar refractivity (Wildman–Crippen MR) is 112 cm³/mol.